The lowest BCUT2D eigenvalue weighted by molar-refractivity contribution is 0.102. The number of benzene rings is 1. The SMILES string of the molecule is Cc1cc(NC(=O)c2cc(N)cc(C)c2F)ncc1Br. The van der Waals surface area contributed by atoms with Crippen LogP contribution in [0, 0.1) is 19.7 Å². The van der Waals surface area contributed by atoms with Crippen LogP contribution < -0.4 is 11.1 Å². The van der Waals surface area contributed by atoms with Crippen molar-refractivity contribution in [3.63, 3.8) is 0 Å². The molecule has 0 spiro atoms. The summed E-state index contributed by atoms with van der Waals surface area (Å²) in [5.41, 5.74) is 7.13. The largest absolute Gasteiger partial charge is 0.399 e. The van der Waals surface area contributed by atoms with E-state index in [9.17, 15) is 9.18 Å². The Kier molecular flexibility index (Phi) is 4.04. The Hall–Kier alpha value is -1.95. The van der Waals surface area contributed by atoms with Crippen LogP contribution in [0.5, 0.6) is 0 Å². The Morgan fingerprint density at radius 2 is 2.00 bits per heavy atom. The first-order valence-electron chi connectivity index (χ1n) is 5.87. The van der Waals surface area contributed by atoms with Gasteiger partial charge in [0.25, 0.3) is 5.91 Å². The van der Waals surface area contributed by atoms with Gasteiger partial charge in [0.2, 0.25) is 0 Å². The lowest BCUT2D eigenvalue weighted by Gasteiger charge is -2.09. The molecule has 0 aliphatic rings. The summed E-state index contributed by atoms with van der Waals surface area (Å²) in [4.78, 5) is 16.1. The third kappa shape index (κ3) is 2.96. The topological polar surface area (TPSA) is 68.0 Å². The van der Waals surface area contributed by atoms with Crippen LogP contribution in [0.3, 0.4) is 0 Å². The highest BCUT2D eigenvalue weighted by Gasteiger charge is 2.15. The number of aryl methyl sites for hydroxylation is 2. The molecule has 4 nitrogen and oxygen atoms in total. The quantitative estimate of drug-likeness (QED) is 0.825. The molecule has 0 aliphatic heterocycles. The summed E-state index contributed by atoms with van der Waals surface area (Å²) in [6.07, 6.45) is 1.58. The number of nitrogens with one attached hydrogen (secondary N) is 1. The summed E-state index contributed by atoms with van der Waals surface area (Å²) in [6.45, 7) is 3.43. The summed E-state index contributed by atoms with van der Waals surface area (Å²) < 4.78 is 14.8. The number of rotatable bonds is 2. The minimum absolute atomic E-state index is 0.0927. The number of carbonyl (C=O) groups is 1. The van der Waals surface area contributed by atoms with Crippen molar-refractivity contribution >= 4 is 33.3 Å². The van der Waals surface area contributed by atoms with Crippen LogP contribution in [0.4, 0.5) is 15.9 Å². The van der Waals surface area contributed by atoms with Gasteiger partial charge in [0.15, 0.2) is 0 Å². The average Bonchev–Trinajstić information content (AvgIpc) is 2.38. The number of pyridine rings is 1. The first-order valence-corrected chi connectivity index (χ1v) is 6.67. The molecule has 0 aliphatic carbocycles. The van der Waals surface area contributed by atoms with E-state index < -0.39 is 11.7 Å². The lowest BCUT2D eigenvalue weighted by atomic mass is 10.1. The Morgan fingerprint density at radius 3 is 2.65 bits per heavy atom. The molecule has 2 aromatic rings. The van der Waals surface area contributed by atoms with Crippen molar-refractivity contribution in [2.45, 2.75) is 13.8 Å². The molecule has 0 atom stereocenters. The van der Waals surface area contributed by atoms with E-state index in [-0.39, 0.29) is 5.56 Å². The third-order valence-corrected chi connectivity index (χ3v) is 3.64. The maximum absolute atomic E-state index is 13.9. The summed E-state index contributed by atoms with van der Waals surface area (Å²) >= 11 is 3.32. The summed E-state index contributed by atoms with van der Waals surface area (Å²) in [7, 11) is 0. The maximum Gasteiger partial charge on any atom is 0.259 e. The lowest BCUT2D eigenvalue weighted by Crippen LogP contribution is -2.16. The molecule has 0 unspecified atom stereocenters. The van der Waals surface area contributed by atoms with E-state index in [2.05, 4.69) is 26.2 Å². The van der Waals surface area contributed by atoms with Gasteiger partial charge in [-0.15, -0.1) is 0 Å². The molecule has 0 saturated carbocycles. The zero-order chi connectivity index (χ0) is 14.9. The Morgan fingerprint density at radius 1 is 1.30 bits per heavy atom. The first kappa shape index (κ1) is 14.5. The number of carbonyl (C=O) groups excluding carboxylic acids is 1. The molecule has 1 aromatic heterocycles. The van der Waals surface area contributed by atoms with Gasteiger partial charge >= 0.3 is 0 Å². The monoisotopic (exact) mass is 337 g/mol. The zero-order valence-corrected chi connectivity index (χ0v) is 12.6. The molecule has 1 aromatic carbocycles. The second kappa shape index (κ2) is 5.58. The number of amides is 1. The number of hydrogen-bond donors (Lipinski definition) is 2. The van der Waals surface area contributed by atoms with Crippen LogP contribution >= 0.6 is 15.9 Å². The normalized spacial score (nSPS) is 10.4. The maximum atomic E-state index is 13.9. The van der Waals surface area contributed by atoms with Crippen molar-refractivity contribution in [1.82, 2.24) is 4.98 Å². The highest BCUT2D eigenvalue weighted by atomic mass is 79.9. The molecule has 104 valence electrons. The highest BCUT2D eigenvalue weighted by Crippen LogP contribution is 2.20. The van der Waals surface area contributed by atoms with Crippen LogP contribution in [0.2, 0.25) is 0 Å². The minimum atomic E-state index is -0.578. The third-order valence-electron chi connectivity index (χ3n) is 2.81. The molecule has 0 fully saturated rings. The van der Waals surface area contributed by atoms with Gasteiger partial charge in [-0.1, -0.05) is 0 Å². The standard InChI is InChI=1S/C14H13BrFN3O/c1-7-4-12(18-6-11(7)15)19-14(20)10-5-9(17)3-8(2)13(10)16/h3-6H,17H2,1-2H3,(H,18,19,20). The van der Waals surface area contributed by atoms with E-state index in [1.165, 1.54) is 12.1 Å². The van der Waals surface area contributed by atoms with Crippen molar-refractivity contribution in [3.8, 4) is 0 Å². The van der Waals surface area contributed by atoms with Gasteiger partial charge < -0.3 is 11.1 Å². The summed E-state index contributed by atoms with van der Waals surface area (Å²) in [5.74, 6) is -0.798. The number of anilines is 2. The average molecular weight is 338 g/mol. The molecule has 2 rings (SSSR count). The van der Waals surface area contributed by atoms with E-state index >= 15 is 0 Å². The molecule has 3 N–H and O–H groups in total. The van der Waals surface area contributed by atoms with Gasteiger partial charge in [-0.05, 0) is 59.1 Å². The summed E-state index contributed by atoms with van der Waals surface area (Å²) in [6, 6.07) is 4.48. The van der Waals surface area contributed by atoms with Gasteiger partial charge in [0.1, 0.15) is 11.6 Å². The van der Waals surface area contributed by atoms with E-state index in [4.69, 9.17) is 5.73 Å². The number of hydrogen-bond acceptors (Lipinski definition) is 3. The van der Waals surface area contributed by atoms with Crippen LogP contribution in [-0.2, 0) is 0 Å². The number of aromatic nitrogens is 1. The van der Waals surface area contributed by atoms with Crippen molar-refractivity contribution < 1.29 is 9.18 Å². The molecule has 6 heteroatoms. The van der Waals surface area contributed by atoms with E-state index in [1.54, 1.807) is 19.2 Å². The van der Waals surface area contributed by atoms with E-state index in [1.807, 2.05) is 6.92 Å². The number of nitrogens with zero attached hydrogens (tertiary/aromatic N) is 1. The van der Waals surface area contributed by atoms with E-state index in [0.717, 1.165) is 10.0 Å². The predicted molar refractivity (Wildman–Crippen MR) is 80.2 cm³/mol. The Balaban J connectivity index is 2.30. The molecule has 0 radical (unpaired) electrons. The van der Waals surface area contributed by atoms with Crippen molar-refractivity contribution in [1.29, 1.82) is 0 Å². The molecular weight excluding hydrogens is 325 g/mol. The number of nitrogen functional groups attached to an aromatic ring is 1. The van der Waals surface area contributed by atoms with Gasteiger partial charge in [-0.3, -0.25) is 4.79 Å². The van der Waals surface area contributed by atoms with Crippen LogP contribution in [0.15, 0.2) is 28.9 Å². The van der Waals surface area contributed by atoms with Crippen molar-refractivity contribution in [3.05, 3.63) is 51.4 Å². The molecule has 20 heavy (non-hydrogen) atoms. The molecule has 0 bridgehead atoms. The Labute approximate surface area is 124 Å². The van der Waals surface area contributed by atoms with E-state index in [0.29, 0.717) is 17.1 Å². The smallest absolute Gasteiger partial charge is 0.259 e. The van der Waals surface area contributed by atoms with Crippen molar-refractivity contribution in [2.75, 3.05) is 11.1 Å². The molecule has 0 saturated heterocycles. The first-order chi connectivity index (χ1) is 9.38. The fraction of sp³-hybridized carbons (Fsp3) is 0.143. The van der Waals surface area contributed by atoms with Crippen LogP contribution in [-0.4, -0.2) is 10.9 Å². The van der Waals surface area contributed by atoms with Gasteiger partial charge in [-0.2, -0.15) is 0 Å². The fourth-order valence-corrected chi connectivity index (χ4v) is 1.97. The highest BCUT2D eigenvalue weighted by molar-refractivity contribution is 9.10. The van der Waals surface area contributed by atoms with Crippen LogP contribution in [0.25, 0.3) is 0 Å². The Bertz CT molecular complexity index is 688. The fourth-order valence-electron chi connectivity index (χ4n) is 1.75. The van der Waals surface area contributed by atoms with Crippen molar-refractivity contribution in [2.24, 2.45) is 0 Å². The predicted octanol–water partition coefficient (Wildman–Crippen LogP) is 3.43. The second-order valence-corrected chi connectivity index (χ2v) is 5.33. The van der Waals surface area contributed by atoms with Gasteiger partial charge in [0.05, 0.1) is 5.56 Å². The number of halogens is 2. The molecule has 1 amide bonds. The van der Waals surface area contributed by atoms with Gasteiger partial charge in [0, 0.05) is 16.4 Å². The molecular formula is C14H13BrFN3O. The summed E-state index contributed by atoms with van der Waals surface area (Å²) in [5, 5.41) is 2.56. The minimum Gasteiger partial charge on any atom is -0.399 e. The van der Waals surface area contributed by atoms with Gasteiger partial charge in [-0.25, -0.2) is 9.37 Å². The number of nitrogens with two attached hydrogens (primary N) is 1. The second-order valence-electron chi connectivity index (χ2n) is 4.47. The molecule has 1 heterocycles. The zero-order valence-electron chi connectivity index (χ0n) is 11.0. The van der Waals surface area contributed by atoms with Crippen LogP contribution in [0.1, 0.15) is 21.5 Å².